The average molecular weight is 489 g/mol. The molecule has 0 radical (unpaired) electrons. The highest BCUT2D eigenvalue weighted by Crippen LogP contribution is 2.37. The second-order valence-corrected chi connectivity index (χ2v) is 9.20. The lowest BCUT2D eigenvalue weighted by Crippen LogP contribution is -2.09. The van der Waals surface area contributed by atoms with Crippen LogP contribution < -0.4 is 10.2 Å². The summed E-state index contributed by atoms with van der Waals surface area (Å²) in [6, 6.07) is 57.4. The van der Waals surface area contributed by atoms with Crippen molar-refractivity contribution in [3.63, 3.8) is 0 Å². The van der Waals surface area contributed by atoms with Crippen molar-refractivity contribution in [1.82, 2.24) is 0 Å². The van der Waals surface area contributed by atoms with Crippen molar-refractivity contribution in [3.05, 3.63) is 164 Å². The Kier molecular flexibility index (Phi) is 6.69. The van der Waals surface area contributed by atoms with Gasteiger partial charge >= 0.3 is 0 Å². The van der Waals surface area contributed by atoms with Crippen LogP contribution in [0.3, 0.4) is 0 Å². The maximum Gasteiger partial charge on any atom is 0.0467 e. The zero-order valence-electron chi connectivity index (χ0n) is 21.0. The first-order valence-electron chi connectivity index (χ1n) is 12.9. The monoisotopic (exact) mass is 488 g/mol. The molecule has 0 atom stereocenters. The number of nitrogens with one attached hydrogen (secondary N) is 1. The molecule has 0 amide bonds. The summed E-state index contributed by atoms with van der Waals surface area (Å²) in [7, 11) is 0. The van der Waals surface area contributed by atoms with E-state index in [4.69, 9.17) is 0 Å². The van der Waals surface area contributed by atoms with Gasteiger partial charge in [0.05, 0.1) is 0 Å². The Morgan fingerprint density at radius 1 is 0.316 bits per heavy atom. The largest absolute Gasteiger partial charge is 0.356 e. The lowest BCUT2D eigenvalue weighted by Gasteiger charge is -2.26. The van der Waals surface area contributed by atoms with Gasteiger partial charge in [0.1, 0.15) is 0 Å². The molecule has 38 heavy (non-hydrogen) atoms. The summed E-state index contributed by atoms with van der Waals surface area (Å²) < 4.78 is 0. The topological polar surface area (TPSA) is 15.3 Å². The van der Waals surface area contributed by atoms with Crippen LogP contribution >= 0.6 is 0 Å². The molecular weight excluding hydrogens is 460 g/mol. The standard InChI is InChI=1S/C36H28N2/c1-4-11-28(12-5-1)30-19-21-32(22-20-30)37-33-23-25-35(26-24-33)38(34-16-8-3-9-17-34)36-18-10-15-31(27-36)29-13-6-2-7-14-29/h1-27,37H. The predicted octanol–water partition coefficient (Wildman–Crippen LogP) is 10.2. The second kappa shape index (κ2) is 10.9. The summed E-state index contributed by atoms with van der Waals surface area (Å²) in [5.41, 5.74) is 10.3. The molecule has 2 heteroatoms. The molecule has 0 aliphatic heterocycles. The van der Waals surface area contributed by atoms with Crippen molar-refractivity contribution in [2.24, 2.45) is 0 Å². The van der Waals surface area contributed by atoms with Gasteiger partial charge in [0.15, 0.2) is 0 Å². The van der Waals surface area contributed by atoms with Crippen molar-refractivity contribution in [2.75, 3.05) is 10.2 Å². The predicted molar refractivity (Wildman–Crippen MR) is 162 cm³/mol. The fraction of sp³-hybridized carbons (Fsp3) is 0. The van der Waals surface area contributed by atoms with E-state index in [0.29, 0.717) is 0 Å². The number of hydrogen-bond donors (Lipinski definition) is 1. The van der Waals surface area contributed by atoms with Gasteiger partial charge in [-0.2, -0.15) is 0 Å². The third-order valence-corrected chi connectivity index (χ3v) is 6.63. The highest BCUT2D eigenvalue weighted by molar-refractivity contribution is 5.80. The minimum absolute atomic E-state index is 1.05. The molecule has 0 saturated heterocycles. The Balaban J connectivity index is 1.27. The number of anilines is 5. The van der Waals surface area contributed by atoms with Crippen LogP contribution in [0, 0.1) is 0 Å². The highest BCUT2D eigenvalue weighted by atomic mass is 15.1. The molecule has 0 bridgehead atoms. The van der Waals surface area contributed by atoms with Crippen LogP contribution in [0.5, 0.6) is 0 Å². The Labute approximate surface area is 224 Å². The van der Waals surface area contributed by atoms with E-state index in [1.165, 1.54) is 22.3 Å². The summed E-state index contributed by atoms with van der Waals surface area (Å²) >= 11 is 0. The van der Waals surface area contributed by atoms with Gasteiger partial charge in [-0.3, -0.25) is 0 Å². The number of benzene rings is 6. The Morgan fingerprint density at radius 3 is 1.34 bits per heavy atom. The van der Waals surface area contributed by atoms with E-state index in [0.717, 1.165) is 28.4 Å². The molecule has 0 aliphatic rings. The molecule has 6 aromatic rings. The molecule has 6 rings (SSSR count). The van der Waals surface area contributed by atoms with Gasteiger partial charge in [0.25, 0.3) is 0 Å². The summed E-state index contributed by atoms with van der Waals surface area (Å²) in [5, 5.41) is 3.54. The number of nitrogens with zero attached hydrogens (tertiary/aromatic N) is 1. The number of hydrogen-bond acceptors (Lipinski definition) is 2. The minimum atomic E-state index is 1.05. The molecule has 0 aliphatic carbocycles. The van der Waals surface area contributed by atoms with Gasteiger partial charge in [-0.1, -0.05) is 103 Å². The normalized spacial score (nSPS) is 10.6. The fourth-order valence-corrected chi connectivity index (χ4v) is 4.72. The molecule has 0 aromatic heterocycles. The van der Waals surface area contributed by atoms with Crippen LogP contribution in [0.25, 0.3) is 22.3 Å². The van der Waals surface area contributed by atoms with E-state index in [-0.39, 0.29) is 0 Å². The van der Waals surface area contributed by atoms with Crippen LogP contribution in [0.15, 0.2) is 164 Å². The lowest BCUT2D eigenvalue weighted by molar-refractivity contribution is 1.28. The molecule has 0 fully saturated rings. The summed E-state index contributed by atoms with van der Waals surface area (Å²) in [4.78, 5) is 2.30. The molecular formula is C36H28N2. The third-order valence-electron chi connectivity index (χ3n) is 6.63. The first-order chi connectivity index (χ1) is 18.8. The minimum Gasteiger partial charge on any atom is -0.356 e. The molecule has 6 aromatic carbocycles. The van der Waals surface area contributed by atoms with Gasteiger partial charge in [0.2, 0.25) is 0 Å². The van der Waals surface area contributed by atoms with E-state index in [2.05, 4.69) is 168 Å². The smallest absolute Gasteiger partial charge is 0.0467 e. The van der Waals surface area contributed by atoms with Crippen molar-refractivity contribution in [1.29, 1.82) is 0 Å². The molecule has 2 nitrogen and oxygen atoms in total. The molecule has 0 unspecified atom stereocenters. The van der Waals surface area contributed by atoms with Crippen LogP contribution in [0.4, 0.5) is 28.4 Å². The van der Waals surface area contributed by atoms with Crippen LogP contribution in [-0.2, 0) is 0 Å². The quantitative estimate of drug-likeness (QED) is 0.240. The molecule has 182 valence electrons. The summed E-state index contributed by atoms with van der Waals surface area (Å²) in [6.45, 7) is 0. The van der Waals surface area contributed by atoms with Gasteiger partial charge in [-0.05, 0) is 82.9 Å². The Bertz CT molecular complexity index is 1590. The molecule has 0 saturated carbocycles. The van der Waals surface area contributed by atoms with Crippen molar-refractivity contribution in [3.8, 4) is 22.3 Å². The third kappa shape index (κ3) is 5.21. The average Bonchev–Trinajstić information content (AvgIpc) is 3.00. The molecule has 0 spiro atoms. The SMILES string of the molecule is c1ccc(-c2ccc(Nc3ccc(N(c4ccccc4)c4cccc(-c5ccccc5)c4)cc3)cc2)cc1. The summed E-state index contributed by atoms with van der Waals surface area (Å²) in [6.07, 6.45) is 0. The first kappa shape index (κ1) is 23.3. The van der Waals surface area contributed by atoms with E-state index in [1.807, 2.05) is 6.07 Å². The second-order valence-electron chi connectivity index (χ2n) is 9.20. The van der Waals surface area contributed by atoms with E-state index in [9.17, 15) is 0 Å². The van der Waals surface area contributed by atoms with Crippen LogP contribution in [0.1, 0.15) is 0 Å². The van der Waals surface area contributed by atoms with Crippen molar-refractivity contribution >= 4 is 28.4 Å². The van der Waals surface area contributed by atoms with Gasteiger partial charge in [-0.15, -0.1) is 0 Å². The van der Waals surface area contributed by atoms with Gasteiger partial charge < -0.3 is 10.2 Å². The maximum absolute atomic E-state index is 3.54. The zero-order chi connectivity index (χ0) is 25.6. The van der Waals surface area contributed by atoms with Crippen LogP contribution in [-0.4, -0.2) is 0 Å². The first-order valence-corrected chi connectivity index (χ1v) is 12.9. The highest BCUT2D eigenvalue weighted by Gasteiger charge is 2.13. The number of rotatable bonds is 7. The molecule has 0 heterocycles. The van der Waals surface area contributed by atoms with Crippen LogP contribution in [0.2, 0.25) is 0 Å². The zero-order valence-corrected chi connectivity index (χ0v) is 21.0. The number of para-hydroxylation sites is 1. The lowest BCUT2D eigenvalue weighted by atomic mass is 10.0. The van der Waals surface area contributed by atoms with E-state index < -0.39 is 0 Å². The van der Waals surface area contributed by atoms with Gasteiger partial charge in [-0.25, -0.2) is 0 Å². The van der Waals surface area contributed by atoms with Crippen molar-refractivity contribution < 1.29 is 0 Å². The Morgan fingerprint density at radius 2 is 0.737 bits per heavy atom. The Hall–Kier alpha value is -5.08. The maximum atomic E-state index is 3.54. The van der Waals surface area contributed by atoms with Crippen molar-refractivity contribution in [2.45, 2.75) is 0 Å². The fourth-order valence-electron chi connectivity index (χ4n) is 4.72. The van der Waals surface area contributed by atoms with E-state index in [1.54, 1.807) is 0 Å². The summed E-state index contributed by atoms with van der Waals surface area (Å²) in [5.74, 6) is 0. The van der Waals surface area contributed by atoms with E-state index >= 15 is 0 Å². The van der Waals surface area contributed by atoms with Gasteiger partial charge in [0, 0.05) is 28.4 Å². The molecule has 1 N–H and O–H groups in total.